The first kappa shape index (κ1) is 19.9. The lowest BCUT2D eigenvalue weighted by Crippen LogP contribution is -2.28. The molecule has 1 aliphatic heterocycles. The van der Waals surface area contributed by atoms with E-state index in [0.717, 1.165) is 29.9 Å². The third kappa shape index (κ3) is 4.36. The van der Waals surface area contributed by atoms with Crippen molar-refractivity contribution in [2.45, 2.75) is 25.9 Å². The first-order chi connectivity index (χ1) is 15.8. The quantitative estimate of drug-likeness (QED) is 0.444. The second-order valence-electron chi connectivity index (χ2n) is 7.69. The first-order valence-electron chi connectivity index (χ1n) is 10.7. The number of carbonyl (C=O) groups is 1. The highest BCUT2D eigenvalue weighted by Gasteiger charge is 2.20. The Kier molecular flexibility index (Phi) is 5.61. The van der Waals surface area contributed by atoms with Crippen molar-refractivity contribution in [2.75, 3.05) is 23.7 Å². The molecule has 4 heterocycles. The van der Waals surface area contributed by atoms with E-state index in [1.54, 1.807) is 18.7 Å². The van der Waals surface area contributed by atoms with Crippen LogP contribution in [0.3, 0.4) is 0 Å². The van der Waals surface area contributed by atoms with Crippen molar-refractivity contribution in [1.29, 1.82) is 0 Å². The number of amides is 1. The number of hydrogen-bond acceptors (Lipinski definition) is 7. The predicted octanol–water partition coefficient (Wildman–Crippen LogP) is 3.20. The van der Waals surface area contributed by atoms with Gasteiger partial charge in [0.1, 0.15) is 0 Å². The fourth-order valence-corrected chi connectivity index (χ4v) is 3.80. The molecule has 1 aromatic carbocycles. The van der Waals surface area contributed by atoms with Gasteiger partial charge in [-0.15, -0.1) is 0 Å². The maximum atomic E-state index is 12.0. The third-order valence-electron chi connectivity index (χ3n) is 5.49. The Morgan fingerprint density at radius 3 is 2.62 bits per heavy atom. The van der Waals surface area contributed by atoms with Crippen LogP contribution < -0.4 is 10.6 Å². The second kappa shape index (κ2) is 9.01. The average molecular weight is 429 g/mol. The molecule has 0 saturated carbocycles. The summed E-state index contributed by atoms with van der Waals surface area (Å²) in [5.41, 5.74) is 3.42. The van der Waals surface area contributed by atoms with E-state index in [9.17, 15) is 4.79 Å². The van der Waals surface area contributed by atoms with Crippen LogP contribution in [0.15, 0.2) is 61.2 Å². The number of imidazole rings is 1. The monoisotopic (exact) mass is 428 g/mol. The zero-order valence-corrected chi connectivity index (χ0v) is 17.6. The largest absolute Gasteiger partial charge is 0.364 e. The van der Waals surface area contributed by atoms with E-state index >= 15 is 0 Å². The number of likely N-dealkylation sites (tertiary alicyclic amines) is 1. The molecule has 1 fully saturated rings. The average Bonchev–Trinajstić information content (AvgIpc) is 3.43. The molecule has 4 aromatic rings. The lowest BCUT2D eigenvalue weighted by atomic mass is 10.2. The summed E-state index contributed by atoms with van der Waals surface area (Å²) in [5.74, 6) is 1.35. The summed E-state index contributed by atoms with van der Waals surface area (Å²) in [5, 5.41) is 6.65. The highest BCUT2D eigenvalue weighted by atomic mass is 16.2. The molecule has 2 N–H and O–H groups in total. The smallest absolute Gasteiger partial charge is 0.231 e. The van der Waals surface area contributed by atoms with Gasteiger partial charge in [0, 0.05) is 50.7 Å². The maximum Gasteiger partial charge on any atom is 0.231 e. The molecule has 0 spiro atoms. The molecule has 0 aliphatic carbocycles. The van der Waals surface area contributed by atoms with Gasteiger partial charge in [-0.2, -0.15) is 9.97 Å². The molecule has 32 heavy (non-hydrogen) atoms. The van der Waals surface area contributed by atoms with Crippen LogP contribution in [0.4, 0.5) is 17.5 Å². The third-order valence-corrected chi connectivity index (χ3v) is 5.49. The Hall–Kier alpha value is -4.01. The molecule has 1 saturated heterocycles. The van der Waals surface area contributed by atoms with Crippen LogP contribution in [-0.2, 0) is 17.9 Å². The van der Waals surface area contributed by atoms with E-state index in [2.05, 4.69) is 37.7 Å². The maximum absolute atomic E-state index is 12.0. The van der Waals surface area contributed by atoms with Gasteiger partial charge in [-0.3, -0.25) is 9.78 Å². The first-order valence-corrected chi connectivity index (χ1v) is 10.7. The van der Waals surface area contributed by atoms with E-state index in [-0.39, 0.29) is 5.91 Å². The number of nitrogens with one attached hydrogen (secondary N) is 2. The number of hydrogen-bond donors (Lipinski definition) is 2. The van der Waals surface area contributed by atoms with E-state index in [0.29, 0.717) is 43.3 Å². The topological polar surface area (TPSA) is 101 Å². The van der Waals surface area contributed by atoms with Crippen LogP contribution in [0.5, 0.6) is 0 Å². The Morgan fingerprint density at radius 2 is 1.84 bits per heavy atom. The standard InChI is InChI=1S/C23H24N8O/c32-19-7-4-12-30(19)13-14-31-16-26-20-21(25-15-17-5-2-1-3-6-17)28-23(29-22(20)31)27-18-8-10-24-11-9-18/h1-3,5-6,8-11,16H,4,7,12-15H2,(H2,24,25,27,28,29). The van der Waals surface area contributed by atoms with Crippen LogP contribution in [0.1, 0.15) is 18.4 Å². The predicted molar refractivity (Wildman–Crippen MR) is 122 cm³/mol. The van der Waals surface area contributed by atoms with Crippen molar-refractivity contribution in [1.82, 2.24) is 29.4 Å². The number of carbonyl (C=O) groups excluding carboxylic acids is 1. The normalized spacial score (nSPS) is 13.6. The highest BCUT2D eigenvalue weighted by molar-refractivity contribution is 5.84. The lowest BCUT2D eigenvalue weighted by Gasteiger charge is -2.16. The van der Waals surface area contributed by atoms with Crippen LogP contribution >= 0.6 is 0 Å². The molecule has 9 heteroatoms. The number of anilines is 3. The number of nitrogens with zero attached hydrogens (tertiary/aromatic N) is 6. The summed E-state index contributed by atoms with van der Waals surface area (Å²) >= 11 is 0. The molecule has 0 radical (unpaired) electrons. The van der Waals surface area contributed by atoms with Crippen LogP contribution in [0.2, 0.25) is 0 Å². The minimum absolute atomic E-state index is 0.217. The lowest BCUT2D eigenvalue weighted by molar-refractivity contribution is -0.127. The van der Waals surface area contributed by atoms with Crippen molar-refractivity contribution in [3.8, 4) is 0 Å². The fourth-order valence-electron chi connectivity index (χ4n) is 3.80. The minimum Gasteiger partial charge on any atom is -0.364 e. The van der Waals surface area contributed by atoms with Crippen LogP contribution in [0, 0.1) is 0 Å². The zero-order valence-electron chi connectivity index (χ0n) is 17.6. The van der Waals surface area contributed by atoms with E-state index in [4.69, 9.17) is 4.98 Å². The van der Waals surface area contributed by atoms with E-state index < -0.39 is 0 Å². The van der Waals surface area contributed by atoms with Gasteiger partial charge in [-0.25, -0.2) is 4.98 Å². The molecule has 162 valence electrons. The Balaban J connectivity index is 1.44. The van der Waals surface area contributed by atoms with Crippen molar-refractivity contribution < 1.29 is 4.79 Å². The number of rotatable bonds is 8. The molecule has 1 amide bonds. The SMILES string of the molecule is O=C1CCCN1CCn1cnc2c(NCc3ccccc3)nc(Nc3ccncc3)nc21. The summed E-state index contributed by atoms with van der Waals surface area (Å²) < 4.78 is 1.98. The number of benzene rings is 1. The second-order valence-corrected chi connectivity index (χ2v) is 7.69. The molecule has 0 unspecified atom stereocenters. The van der Waals surface area contributed by atoms with Crippen molar-refractivity contribution in [2.24, 2.45) is 0 Å². The Bertz CT molecular complexity index is 1210. The van der Waals surface area contributed by atoms with Gasteiger partial charge in [0.15, 0.2) is 17.0 Å². The van der Waals surface area contributed by atoms with Gasteiger partial charge in [-0.05, 0) is 24.1 Å². The number of fused-ring (bicyclic) bond motifs is 1. The van der Waals surface area contributed by atoms with Gasteiger partial charge in [0.25, 0.3) is 0 Å². The molecule has 9 nitrogen and oxygen atoms in total. The van der Waals surface area contributed by atoms with Gasteiger partial charge >= 0.3 is 0 Å². The van der Waals surface area contributed by atoms with Crippen molar-refractivity contribution >= 4 is 34.5 Å². The van der Waals surface area contributed by atoms with Gasteiger partial charge in [0.2, 0.25) is 11.9 Å². The zero-order chi connectivity index (χ0) is 21.8. The van der Waals surface area contributed by atoms with E-state index in [1.807, 2.05) is 39.8 Å². The summed E-state index contributed by atoms with van der Waals surface area (Å²) in [7, 11) is 0. The van der Waals surface area contributed by atoms with Crippen LogP contribution in [-0.4, -0.2) is 48.4 Å². The molecule has 1 aliphatic rings. The molecule has 0 bridgehead atoms. The van der Waals surface area contributed by atoms with Crippen molar-refractivity contribution in [3.63, 3.8) is 0 Å². The Labute approximate surface area is 185 Å². The molecular weight excluding hydrogens is 404 g/mol. The molecule has 0 atom stereocenters. The Morgan fingerprint density at radius 1 is 1.00 bits per heavy atom. The number of pyridine rings is 1. The molecule has 3 aromatic heterocycles. The molecule has 5 rings (SSSR count). The minimum atomic E-state index is 0.217. The summed E-state index contributed by atoms with van der Waals surface area (Å²) in [6, 6.07) is 13.9. The van der Waals surface area contributed by atoms with Crippen LogP contribution in [0.25, 0.3) is 11.2 Å². The van der Waals surface area contributed by atoms with Gasteiger partial charge in [-0.1, -0.05) is 30.3 Å². The molecular formula is C23H24N8O. The van der Waals surface area contributed by atoms with E-state index in [1.165, 1.54) is 0 Å². The summed E-state index contributed by atoms with van der Waals surface area (Å²) in [6.45, 7) is 2.72. The van der Waals surface area contributed by atoms with Crippen molar-refractivity contribution in [3.05, 3.63) is 66.7 Å². The van der Waals surface area contributed by atoms with Gasteiger partial charge < -0.3 is 20.1 Å². The van der Waals surface area contributed by atoms with Gasteiger partial charge in [0.05, 0.1) is 6.33 Å². The summed E-state index contributed by atoms with van der Waals surface area (Å²) in [6.07, 6.45) is 6.77. The fraction of sp³-hybridized carbons (Fsp3) is 0.261. The number of aromatic nitrogens is 5. The summed E-state index contributed by atoms with van der Waals surface area (Å²) in [4.78, 5) is 31.9. The highest BCUT2D eigenvalue weighted by Crippen LogP contribution is 2.23.